The Kier molecular flexibility index (Phi) is 10.5. The normalized spacial score (nSPS) is 9.96. The van der Waals surface area contributed by atoms with Gasteiger partial charge in [-0.05, 0) is 29.5 Å². The summed E-state index contributed by atoms with van der Waals surface area (Å²) in [5.74, 6) is 0. The molecule has 0 spiro atoms. The molecule has 2 aromatic rings. The molecule has 0 saturated heterocycles. The monoisotopic (exact) mass is 324 g/mol. The van der Waals surface area contributed by atoms with Gasteiger partial charge in [-0.2, -0.15) is 0 Å². The van der Waals surface area contributed by atoms with Crippen LogP contribution in [0.3, 0.4) is 0 Å². The molecule has 0 aliphatic carbocycles. The number of aldehydes is 1. The molecule has 0 aromatic heterocycles. The molecule has 0 saturated carbocycles. The summed E-state index contributed by atoms with van der Waals surface area (Å²) in [7, 11) is 0. The van der Waals surface area contributed by atoms with E-state index >= 15 is 0 Å². The van der Waals surface area contributed by atoms with Gasteiger partial charge < -0.3 is 0 Å². The van der Waals surface area contributed by atoms with E-state index in [2.05, 4.69) is 31.2 Å². The summed E-state index contributed by atoms with van der Waals surface area (Å²) in [4.78, 5) is 10.7. The molecule has 0 heterocycles. The second-order valence-electron chi connectivity index (χ2n) is 5.95. The molecule has 0 N–H and O–H groups in total. The maximum absolute atomic E-state index is 10.7. The molecule has 1 nitrogen and oxygen atoms in total. The lowest BCUT2D eigenvalue weighted by Crippen LogP contribution is -1.87. The van der Waals surface area contributed by atoms with Crippen molar-refractivity contribution >= 4 is 6.29 Å². The smallest absolute Gasteiger partial charge is 0.150 e. The first-order chi connectivity index (χ1) is 11.8. The summed E-state index contributed by atoms with van der Waals surface area (Å²) < 4.78 is 0. The summed E-state index contributed by atoms with van der Waals surface area (Å²) in [6.45, 7) is 6.26. The highest BCUT2D eigenvalue weighted by atomic mass is 16.1. The molecule has 1 heteroatoms. The van der Waals surface area contributed by atoms with Gasteiger partial charge in [-0.25, -0.2) is 0 Å². The van der Waals surface area contributed by atoms with Crippen LogP contribution in [0.5, 0.6) is 0 Å². The van der Waals surface area contributed by atoms with Gasteiger partial charge >= 0.3 is 0 Å². The van der Waals surface area contributed by atoms with Crippen LogP contribution in [0, 0.1) is 0 Å². The van der Waals surface area contributed by atoms with E-state index < -0.39 is 0 Å². The van der Waals surface area contributed by atoms with Crippen molar-refractivity contribution in [3.63, 3.8) is 0 Å². The fourth-order valence-electron chi connectivity index (χ4n) is 2.73. The average molecular weight is 325 g/mol. The fourth-order valence-corrected chi connectivity index (χ4v) is 2.73. The van der Waals surface area contributed by atoms with Crippen molar-refractivity contribution < 1.29 is 4.79 Å². The first kappa shape index (κ1) is 20.2. The molecule has 0 bridgehead atoms. The predicted molar refractivity (Wildman–Crippen MR) is 106 cm³/mol. The van der Waals surface area contributed by atoms with E-state index in [4.69, 9.17) is 0 Å². The van der Waals surface area contributed by atoms with E-state index in [-0.39, 0.29) is 0 Å². The summed E-state index contributed by atoms with van der Waals surface area (Å²) in [6.07, 6.45) is 10.1. The van der Waals surface area contributed by atoms with E-state index in [1.165, 1.54) is 56.1 Å². The van der Waals surface area contributed by atoms with Crippen LogP contribution in [0.2, 0.25) is 0 Å². The van der Waals surface area contributed by atoms with Gasteiger partial charge in [0.25, 0.3) is 0 Å². The number of carbonyl (C=O) groups excluding carboxylic acids is 1. The van der Waals surface area contributed by atoms with Gasteiger partial charge in [-0.15, -0.1) is 0 Å². The molecule has 0 fully saturated rings. The van der Waals surface area contributed by atoms with Crippen LogP contribution in [-0.4, -0.2) is 6.29 Å². The Morgan fingerprint density at radius 2 is 1.21 bits per heavy atom. The van der Waals surface area contributed by atoms with E-state index in [0.29, 0.717) is 0 Å². The molecule has 2 aromatic carbocycles. The highest BCUT2D eigenvalue weighted by Crippen LogP contribution is 2.21. The van der Waals surface area contributed by atoms with Crippen molar-refractivity contribution in [2.75, 3.05) is 0 Å². The zero-order valence-electron chi connectivity index (χ0n) is 15.6. The number of hydrogen-bond acceptors (Lipinski definition) is 1. The van der Waals surface area contributed by atoms with Crippen LogP contribution in [-0.2, 0) is 6.42 Å². The first-order valence-electron chi connectivity index (χ1n) is 9.48. The Morgan fingerprint density at radius 3 is 1.75 bits per heavy atom. The second-order valence-corrected chi connectivity index (χ2v) is 5.95. The van der Waals surface area contributed by atoms with E-state index in [1.807, 2.05) is 38.1 Å². The number of carbonyl (C=O) groups is 1. The third-order valence-electron chi connectivity index (χ3n) is 4.15. The van der Waals surface area contributed by atoms with Gasteiger partial charge in [-0.3, -0.25) is 4.79 Å². The molecule has 0 amide bonds. The van der Waals surface area contributed by atoms with Crippen molar-refractivity contribution in [2.24, 2.45) is 0 Å². The fraction of sp³-hybridized carbons (Fsp3) is 0.435. The SMILES string of the molecule is CC.CCCCCCCCc1ccc(-c2ccc(C=O)cc2)cc1. The highest BCUT2D eigenvalue weighted by molar-refractivity contribution is 5.76. The van der Waals surface area contributed by atoms with Crippen LogP contribution in [0.15, 0.2) is 48.5 Å². The Labute approximate surface area is 148 Å². The molecule has 0 aliphatic rings. The Bertz CT molecular complexity index is 552. The topological polar surface area (TPSA) is 17.1 Å². The molecular formula is C23H32O. The molecule has 130 valence electrons. The van der Waals surface area contributed by atoms with Crippen LogP contribution >= 0.6 is 0 Å². The van der Waals surface area contributed by atoms with Crippen LogP contribution in [0.1, 0.15) is 75.2 Å². The van der Waals surface area contributed by atoms with Gasteiger partial charge in [0.1, 0.15) is 6.29 Å². The number of hydrogen-bond donors (Lipinski definition) is 0. The van der Waals surface area contributed by atoms with Gasteiger partial charge in [-0.1, -0.05) is 101 Å². The lowest BCUT2D eigenvalue weighted by Gasteiger charge is -2.05. The number of benzene rings is 2. The third-order valence-corrected chi connectivity index (χ3v) is 4.15. The molecule has 24 heavy (non-hydrogen) atoms. The third kappa shape index (κ3) is 7.12. The number of unbranched alkanes of at least 4 members (excludes halogenated alkanes) is 5. The minimum atomic E-state index is 0.725. The zero-order chi connectivity index (χ0) is 17.6. The molecular weight excluding hydrogens is 292 g/mol. The predicted octanol–water partition coefficient (Wildman–Crippen LogP) is 7.10. The second kappa shape index (κ2) is 12.5. The maximum Gasteiger partial charge on any atom is 0.150 e. The van der Waals surface area contributed by atoms with E-state index in [1.54, 1.807) is 0 Å². The standard InChI is InChI=1S/C21H26O.C2H6/c1-2-3-4-5-6-7-8-18-9-13-20(14-10-18)21-15-11-19(17-22)12-16-21;1-2/h9-17H,2-8H2,1H3;1-2H3. The van der Waals surface area contributed by atoms with E-state index in [9.17, 15) is 4.79 Å². The van der Waals surface area contributed by atoms with Crippen LogP contribution in [0.4, 0.5) is 0 Å². The lowest BCUT2D eigenvalue weighted by molar-refractivity contribution is 0.112. The van der Waals surface area contributed by atoms with Gasteiger partial charge in [0.2, 0.25) is 0 Å². The zero-order valence-corrected chi connectivity index (χ0v) is 15.6. The van der Waals surface area contributed by atoms with Crippen molar-refractivity contribution in [1.29, 1.82) is 0 Å². The van der Waals surface area contributed by atoms with Gasteiger partial charge in [0.15, 0.2) is 0 Å². The minimum Gasteiger partial charge on any atom is -0.298 e. The molecule has 0 radical (unpaired) electrons. The van der Waals surface area contributed by atoms with Crippen molar-refractivity contribution in [3.05, 3.63) is 59.7 Å². The summed E-state index contributed by atoms with van der Waals surface area (Å²) in [5.41, 5.74) is 4.52. The number of aryl methyl sites for hydroxylation is 1. The van der Waals surface area contributed by atoms with Crippen LogP contribution in [0.25, 0.3) is 11.1 Å². The summed E-state index contributed by atoms with van der Waals surface area (Å²) in [5, 5.41) is 0. The van der Waals surface area contributed by atoms with Gasteiger partial charge in [0, 0.05) is 5.56 Å². The average Bonchev–Trinajstić information content (AvgIpc) is 2.67. The van der Waals surface area contributed by atoms with Crippen molar-refractivity contribution in [2.45, 2.75) is 65.7 Å². The molecule has 0 aliphatic heterocycles. The molecule has 0 atom stereocenters. The summed E-state index contributed by atoms with van der Waals surface area (Å²) in [6, 6.07) is 16.6. The minimum absolute atomic E-state index is 0.725. The molecule has 0 unspecified atom stereocenters. The maximum atomic E-state index is 10.7. The first-order valence-corrected chi connectivity index (χ1v) is 9.48. The van der Waals surface area contributed by atoms with E-state index in [0.717, 1.165) is 17.4 Å². The lowest BCUT2D eigenvalue weighted by atomic mass is 10.00. The highest BCUT2D eigenvalue weighted by Gasteiger charge is 1.99. The largest absolute Gasteiger partial charge is 0.298 e. The van der Waals surface area contributed by atoms with Crippen molar-refractivity contribution in [3.8, 4) is 11.1 Å². The Hall–Kier alpha value is -1.89. The Morgan fingerprint density at radius 1 is 0.708 bits per heavy atom. The van der Waals surface area contributed by atoms with Crippen molar-refractivity contribution in [1.82, 2.24) is 0 Å². The summed E-state index contributed by atoms with van der Waals surface area (Å²) >= 11 is 0. The Balaban J connectivity index is 0.00000139. The van der Waals surface area contributed by atoms with Crippen LogP contribution < -0.4 is 0 Å². The quantitative estimate of drug-likeness (QED) is 0.355. The molecule has 2 rings (SSSR count). The number of rotatable bonds is 9. The van der Waals surface area contributed by atoms with Gasteiger partial charge in [0.05, 0.1) is 0 Å².